The number of methoxy groups -OCH3 is 1. The molecule has 1 rings (SSSR count). The first kappa shape index (κ1) is 13.6. The van der Waals surface area contributed by atoms with Gasteiger partial charge in [0.2, 0.25) is 0 Å². The minimum absolute atomic E-state index is 0.261. The molecular weight excluding hydrogens is 216 g/mol. The topological polar surface area (TPSA) is 35.5 Å². The Bertz CT molecular complexity index is 366. The molecule has 0 aliphatic heterocycles. The van der Waals surface area contributed by atoms with Gasteiger partial charge in [-0.05, 0) is 38.0 Å². The van der Waals surface area contributed by atoms with E-state index in [1.54, 1.807) is 13.8 Å². The van der Waals surface area contributed by atoms with Gasteiger partial charge in [0, 0.05) is 0 Å². The third-order valence-electron chi connectivity index (χ3n) is 2.67. The molecule has 0 saturated heterocycles. The van der Waals surface area contributed by atoms with E-state index < -0.39 is 5.41 Å². The zero-order chi connectivity index (χ0) is 12.9. The van der Waals surface area contributed by atoms with Crippen molar-refractivity contribution in [3.8, 4) is 5.75 Å². The summed E-state index contributed by atoms with van der Waals surface area (Å²) in [7, 11) is 1.39. The number of carbonyl (C=O) groups excluding carboxylic acids is 1. The van der Waals surface area contributed by atoms with E-state index in [0.717, 1.165) is 12.2 Å². The van der Waals surface area contributed by atoms with Crippen molar-refractivity contribution in [2.75, 3.05) is 13.7 Å². The van der Waals surface area contributed by atoms with Gasteiger partial charge in [-0.2, -0.15) is 0 Å². The fourth-order valence-electron chi connectivity index (χ4n) is 1.42. The van der Waals surface area contributed by atoms with Gasteiger partial charge in [0.1, 0.15) is 12.4 Å². The molecule has 1 aromatic rings. The molecular formula is C14H20O3. The van der Waals surface area contributed by atoms with Gasteiger partial charge in [0.25, 0.3) is 0 Å². The summed E-state index contributed by atoms with van der Waals surface area (Å²) in [5.74, 6) is 0.516. The van der Waals surface area contributed by atoms with Crippen LogP contribution in [0.25, 0.3) is 0 Å². The Morgan fingerprint density at radius 1 is 1.24 bits per heavy atom. The minimum Gasteiger partial charge on any atom is -0.492 e. The molecule has 0 atom stereocenters. The summed E-state index contributed by atoms with van der Waals surface area (Å²) >= 11 is 0. The molecule has 3 heteroatoms. The third kappa shape index (κ3) is 3.77. The van der Waals surface area contributed by atoms with Crippen molar-refractivity contribution in [2.24, 2.45) is 5.41 Å². The Morgan fingerprint density at radius 3 is 2.29 bits per heavy atom. The van der Waals surface area contributed by atoms with Crippen LogP contribution in [0.4, 0.5) is 0 Å². The Kier molecular flexibility index (Phi) is 4.55. The van der Waals surface area contributed by atoms with Crippen LogP contribution < -0.4 is 4.74 Å². The highest BCUT2D eigenvalue weighted by molar-refractivity contribution is 5.75. The lowest BCUT2D eigenvalue weighted by molar-refractivity contribution is -0.152. The van der Waals surface area contributed by atoms with Crippen molar-refractivity contribution in [2.45, 2.75) is 27.2 Å². The molecule has 94 valence electrons. The van der Waals surface area contributed by atoms with Gasteiger partial charge >= 0.3 is 5.97 Å². The lowest BCUT2D eigenvalue weighted by atomic mass is 9.95. The van der Waals surface area contributed by atoms with Gasteiger partial charge in [-0.25, -0.2) is 0 Å². The third-order valence-corrected chi connectivity index (χ3v) is 2.67. The van der Waals surface area contributed by atoms with Crippen LogP contribution >= 0.6 is 0 Å². The molecule has 3 nitrogen and oxygen atoms in total. The average Bonchev–Trinajstić information content (AvgIpc) is 2.36. The first-order valence-electron chi connectivity index (χ1n) is 5.79. The Hall–Kier alpha value is -1.51. The van der Waals surface area contributed by atoms with Crippen molar-refractivity contribution < 1.29 is 14.3 Å². The predicted octanol–water partition coefficient (Wildman–Crippen LogP) is 2.83. The number of esters is 1. The van der Waals surface area contributed by atoms with Crippen LogP contribution in [0.5, 0.6) is 5.75 Å². The molecule has 17 heavy (non-hydrogen) atoms. The van der Waals surface area contributed by atoms with E-state index in [1.807, 2.05) is 24.3 Å². The molecule has 0 aliphatic rings. The van der Waals surface area contributed by atoms with Crippen molar-refractivity contribution in [1.82, 2.24) is 0 Å². The van der Waals surface area contributed by atoms with Crippen LogP contribution in [-0.2, 0) is 16.0 Å². The maximum atomic E-state index is 11.5. The Morgan fingerprint density at radius 2 is 1.82 bits per heavy atom. The molecule has 0 fully saturated rings. The van der Waals surface area contributed by atoms with Crippen LogP contribution in [0.1, 0.15) is 26.3 Å². The number of hydrogen-bond donors (Lipinski definition) is 0. The van der Waals surface area contributed by atoms with Gasteiger partial charge in [-0.15, -0.1) is 0 Å². The highest BCUT2D eigenvalue weighted by Gasteiger charge is 2.29. The average molecular weight is 236 g/mol. The van der Waals surface area contributed by atoms with Crippen LogP contribution in [0, 0.1) is 5.41 Å². The monoisotopic (exact) mass is 236 g/mol. The fourth-order valence-corrected chi connectivity index (χ4v) is 1.42. The molecule has 0 saturated carbocycles. The van der Waals surface area contributed by atoms with E-state index in [-0.39, 0.29) is 5.97 Å². The molecule has 0 bridgehead atoms. The smallest absolute Gasteiger partial charge is 0.314 e. The Labute approximate surface area is 103 Å². The van der Waals surface area contributed by atoms with E-state index in [1.165, 1.54) is 12.7 Å². The number of benzene rings is 1. The predicted molar refractivity (Wildman–Crippen MR) is 67.1 cm³/mol. The maximum absolute atomic E-state index is 11.5. The summed E-state index contributed by atoms with van der Waals surface area (Å²) in [6.07, 6.45) is 1.01. The molecule has 0 aliphatic carbocycles. The quantitative estimate of drug-likeness (QED) is 0.737. The second kappa shape index (κ2) is 5.71. The fraction of sp³-hybridized carbons (Fsp3) is 0.500. The highest BCUT2D eigenvalue weighted by Crippen LogP contribution is 2.20. The summed E-state index contributed by atoms with van der Waals surface area (Å²) in [4.78, 5) is 11.5. The molecule has 0 radical (unpaired) electrons. The number of rotatable bonds is 5. The van der Waals surface area contributed by atoms with Gasteiger partial charge in [-0.1, -0.05) is 19.1 Å². The van der Waals surface area contributed by atoms with Crippen LogP contribution in [0.15, 0.2) is 24.3 Å². The van der Waals surface area contributed by atoms with Crippen molar-refractivity contribution >= 4 is 5.97 Å². The van der Waals surface area contributed by atoms with Gasteiger partial charge in [0.05, 0.1) is 12.5 Å². The molecule has 0 unspecified atom stereocenters. The summed E-state index contributed by atoms with van der Waals surface area (Å²) in [6, 6.07) is 7.90. The van der Waals surface area contributed by atoms with E-state index in [0.29, 0.717) is 6.61 Å². The normalized spacial score (nSPS) is 11.1. The summed E-state index contributed by atoms with van der Waals surface area (Å²) in [6.45, 7) is 6.03. The van der Waals surface area contributed by atoms with Crippen molar-refractivity contribution in [3.63, 3.8) is 0 Å². The Balaban J connectivity index is 2.57. The zero-order valence-corrected chi connectivity index (χ0v) is 10.9. The molecule has 0 aromatic heterocycles. The molecule has 1 aromatic carbocycles. The van der Waals surface area contributed by atoms with Gasteiger partial charge < -0.3 is 9.47 Å². The van der Waals surface area contributed by atoms with E-state index in [2.05, 4.69) is 6.92 Å². The van der Waals surface area contributed by atoms with Gasteiger partial charge in [-0.3, -0.25) is 4.79 Å². The number of carbonyl (C=O) groups is 1. The summed E-state index contributed by atoms with van der Waals surface area (Å²) in [5, 5.41) is 0. The summed E-state index contributed by atoms with van der Waals surface area (Å²) < 4.78 is 10.3. The number of aryl methyl sites for hydroxylation is 1. The minimum atomic E-state index is -0.627. The first-order chi connectivity index (χ1) is 7.99. The summed E-state index contributed by atoms with van der Waals surface area (Å²) in [5.41, 5.74) is 0.641. The largest absolute Gasteiger partial charge is 0.492 e. The second-order valence-corrected chi connectivity index (χ2v) is 4.66. The van der Waals surface area contributed by atoms with Crippen LogP contribution in [-0.4, -0.2) is 19.7 Å². The number of ether oxygens (including phenoxy) is 2. The second-order valence-electron chi connectivity index (χ2n) is 4.66. The molecule has 0 heterocycles. The van der Waals surface area contributed by atoms with Crippen molar-refractivity contribution in [3.05, 3.63) is 29.8 Å². The van der Waals surface area contributed by atoms with E-state index in [9.17, 15) is 4.79 Å². The van der Waals surface area contributed by atoms with Crippen molar-refractivity contribution in [1.29, 1.82) is 0 Å². The molecule has 0 spiro atoms. The lowest BCUT2D eigenvalue weighted by Crippen LogP contribution is -2.32. The number of hydrogen-bond acceptors (Lipinski definition) is 3. The lowest BCUT2D eigenvalue weighted by Gasteiger charge is -2.21. The zero-order valence-electron chi connectivity index (χ0n) is 10.9. The van der Waals surface area contributed by atoms with E-state index in [4.69, 9.17) is 9.47 Å². The first-order valence-corrected chi connectivity index (χ1v) is 5.79. The SMILES string of the molecule is CCc1ccc(OCC(C)(C)C(=O)OC)cc1. The van der Waals surface area contributed by atoms with Crippen LogP contribution in [0.2, 0.25) is 0 Å². The molecule has 0 amide bonds. The standard InChI is InChI=1S/C14H20O3/c1-5-11-6-8-12(9-7-11)17-10-14(2,3)13(15)16-4/h6-9H,5,10H2,1-4H3. The van der Waals surface area contributed by atoms with Crippen LogP contribution in [0.3, 0.4) is 0 Å². The van der Waals surface area contributed by atoms with E-state index >= 15 is 0 Å². The maximum Gasteiger partial charge on any atom is 0.314 e. The molecule has 0 N–H and O–H groups in total. The van der Waals surface area contributed by atoms with Gasteiger partial charge in [0.15, 0.2) is 0 Å². The highest BCUT2D eigenvalue weighted by atomic mass is 16.5.